The minimum Gasteiger partial charge on any atom is -0.323 e. The summed E-state index contributed by atoms with van der Waals surface area (Å²) in [7, 11) is 0. The number of nitrogens with zero attached hydrogens (tertiary/aromatic N) is 1. The lowest BCUT2D eigenvalue weighted by atomic mass is 10.1. The van der Waals surface area contributed by atoms with E-state index in [4.69, 9.17) is 0 Å². The molecule has 0 saturated carbocycles. The monoisotopic (exact) mass is 420 g/mol. The van der Waals surface area contributed by atoms with Gasteiger partial charge in [-0.05, 0) is 41.5 Å². The van der Waals surface area contributed by atoms with Crippen molar-refractivity contribution < 1.29 is 27.6 Å². The Bertz CT molecular complexity index is 938. The molecule has 0 aliphatic carbocycles. The molecule has 29 heavy (non-hydrogen) atoms. The fourth-order valence-corrected chi connectivity index (χ4v) is 3.27. The summed E-state index contributed by atoms with van der Waals surface area (Å²) in [6, 6.07) is 11.1. The van der Waals surface area contributed by atoms with Crippen LogP contribution in [-0.2, 0) is 22.3 Å². The molecule has 3 amide bonds. The maximum atomic E-state index is 12.5. The van der Waals surface area contributed by atoms with E-state index in [1.54, 1.807) is 24.3 Å². The van der Waals surface area contributed by atoms with Crippen molar-refractivity contribution in [3.05, 3.63) is 71.3 Å². The molecular weight excluding hydrogens is 405 g/mol. The SMILES string of the molecule is O=C(/C=C/c1ccc(C(F)(F)F)cc1)Nc1ccc(CN2C(=O)CSC2=O)cc1. The molecule has 2 aromatic rings. The van der Waals surface area contributed by atoms with Crippen molar-refractivity contribution in [3.8, 4) is 0 Å². The molecular formula is C20H15F3N2O3S. The van der Waals surface area contributed by atoms with Gasteiger partial charge < -0.3 is 5.32 Å². The van der Waals surface area contributed by atoms with Gasteiger partial charge in [0, 0.05) is 11.8 Å². The summed E-state index contributed by atoms with van der Waals surface area (Å²) in [6.45, 7) is 0.173. The predicted octanol–water partition coefficient (Wildman–Crippen LogP) is 4.55. The van der Waals surface area contributed by atoms with Crippen LogP contribution in [0.15, 0.2) is 54.6 Å². The van der Waals surface area contributed by atoms with Crippen molar-refractivity contribution in [2.75, 3.05) is 11.1 Å². The molecule has 0 bridgehead atoms. The first-order chi connectivity index (χ1) is 13.7. The third-order valence-corrected chi connectivity index (χ3v) is 4.93. The van der Waals surface area contributed by atoms with Crippen LogP contribution < -0.4 is 5.32 Å². The summed E-state index contributed by atoms with van der Waals surface area (Å²) < 4.78 is 37.6. The van der Waals surface area contributed by atoms with Crippen LogP contribution in [0.2, 0.25) is 0 Å². The van der Waals surface area contributed by atoms with Crippen LogP contribution in [-0.4, -0.2) is 27.7 Å². The van der Waals surface area contributed by atoms with E-state index >= 15 is 0 Å². The zero-order chi connectivity index (χ0) is 21.0. The molecule has 0 atom stereocenters. The van der Waals surface area contributed by atoms with Gasteiger partial charge in [-0.15, -0.1) is 0 Å². The first-order valence-corrected chi connectivity index (χ1v) is 9.43. The van der Waals surface area contributed by atoms with Crippen molar-refractivity contribution >= 4 is 40.6 Å². The van der Waals surface area contributed by atoms with E-state index in [0.717, 1.165) is 29.5 Å². The molecule has 9 heteroatoms. The summed E-state index contributed by atoms with van der Waals surface area (Å²) in [4.78, 5) is 36.4. The van der Waals surface area contributed by atoms with E-state index in [0.29, 0.717) is 11.3 Å². The quantitative estimate of drug-likeness (QED) is 0.721. The molecule has 1 aliphatic heterocycles. The number of alkyl halides is 3. The molecule has 5 nitrogen and oxygen atoms in total. The standard InChI is InChI=1S/C20H15F3N2O3S/c21-20(22,23)15-6-1-13(2-7-15)5-10-17(26)24-16-8-3-14(4-9-16)11-25-18(27)12-29-19(25)28/h1-10H,11-12H2,(H,24,26)/b10-5+. The normalized spacial score (nSPS) is 14.7. The van der Waals surface area contributed by atoms with E-state index in [1.807, 2.05) is 0 Å². The van der Waals surface area contributed by atoms with Crippen LogP contribution in [0.25, 0.3) is 6.08 Å². The van der Waals surface area contributed by atoms with E-state index in [-0.39, 0.29) is 23.4 Å². The van der Waals surface area contributed by atoms with Gasteiger partial charge in [0.1, 0.15) is 0 Å². The third-order valence-electron chi connectivity index (χ3n) is 4.07. The van der Waals surface area contributed by atoms with E-state index < -0.39 is 17.6 Å². The number of rotatable bonds is 5. The Kier molecular flexibility index (Phi) is 6.07. The summed E-state index contributed by atoms with van der Waals surface area (Å²) in [6.07, 6.45) is -1.78. The fourth-order valence-electron chi connectivity index (χ4n) is 2.55. The summed E-state index contributed by atoms with van der Waals surface area (Å²) >= 11 is 0.967. The molecule has 0 spiro atoms. The smallest absolute Gasteiger partial charge is 0.323 e. The second kappa shape index (κ2) is 8.52. The average Bonchev–Trinajstić information content (AvgIpc) is 2.99. The number of carbonyl (C=O) groups is 3. The molecule has 1 N–H and O–H groups in total. The van der Waals surface area contributed by atoms with Gasteiger partial charge in [-0.1, -0.05) is 36.0 Å². The minimum absolute atomic E-state index is 0.151. The van der Waals surface area contributed by atoms with Crippen molar-refractivity contribution in [1.29, 1.82) is 0 Å². The topological polar surface area (TPSA) is 66.5 Å². The highest BCUT2D eigenvalue weighted by molar-refractivity contribution is 8.14. The first kappa shape index (κ1) is 20.7. The number of anilines is 1. The molecule has 0 unspecified atom stereocenters. The van der Waals surface area contributed by atoms with Crippen molar-refractivity contribution in [3.63, 3.8) is 0 Å². The second-order valence-corrected chi connectivity index (χ2v) is 7.10. The van der Waals surface area contributed by atoms with Crippen molar-refractivity contribution in [2.24, 2.45) is 0 Å². The van der Waals surface area contributed by atoms with Crippen LogP contribution in [0, 0.1) is 0 Å². The van der Waals surface area contributed by atoms with E-state index in [2.05, 4.69) is 5.32 Å². The number of amides is 3. The van der Waals surface area contributed by atoms with Gasteiger partial charge in [-0.25, -0.2) is 0 Å². The molecule has 3 rings (SSSR count). The lowest BCUT2D eigenvalue weighted by Gasteiger charge is -2.13. The molecule has 2 aromatic carbocycles. The van der Waals surface area contributed by atoms with Gasteiger partial charge in [0.15, 0.2) is 0 Å². The number of hydrogen-bond donors (Lipinski definition) is 1. The maximum absolute atomic E-state index is 12.5. The zero-order valence-corrected chi connectivity index (χ0v) is 15.7. The number of carbonyl (C=O) groups excluding carboxylic acids is 3. The zero-order valence-electron chi connectivity index (χ0n) is 14.9. The maximum Gasteiger partial charge on any atom is 0.416 e. The predicted molar refractivity (Wildman–Crippen MR) is 104 cm³/mol. The fraction of sp³-hybridized carbons (Fsp3) is 0.150. The van der Waals surface area contributed by atoms with Gasteiger partial charge in [0.05, 0.1) is 17.9 Å². The summed E-state index contributed by atoms with van der Waals surface area (Å²) in [5.41, 5.74) is 0.952. The Hall–Kier alpha value is -3.07. The number of imide groups is 1. The average molecular weight is 420 g/mol. The second-order valence-electron chi connectivity index (χ2n) is 6.17. The largest absolute Gasteiger partial charge is 0.416 e. The Morgan fingerprint density at radius 2 is 1.72 bits per heavy atom. The van der Waals surface area contributed by atoms with Gasteiger partial charge in [-0.2, -0.15) is 13.2 Å². The molecule has 0 radical (unpaired) electrons. The molecule has 1 aliphatic rings. The molecule has 1 saturated heterocycles. The Labute approximate surface area is 168 Å². The minimum atomic E-state index is -4.40. The molecule has 1 fully saturated rings. The Morgan fingerprint density at radius 3 is 2.28 bits per heavy atom. The van der Waals surface area contributed by atoms with Gasteiger partial charge in [0.25, 0.3) is 5.24 Å². The van der Waals surface area contributed by atoms with Crippen LogP contribution in [0.4, 0.5) is 23.7 Å². The lowest BCUT2D eigenvalue weighted by molar-refractivity contribution is -0.137. The number of hydrogen-bond acceptors (Lipinski definition) is 4. The highest BCUT2D eigenvalue weighted by atomic mass is 32.2. The number of benzene rings is 2. The Balaban J connectivity index is 1.56. The van der Waals surface area contributed by atoms with Crippen LogP contribution in [0.1, 0.15) is 16.7 Å². The van der Waals surface area contributed by atoms with Crippen molar-refractivity contribution in [2.45, 2.75) is 12.7 Å². The van der Waals surface area contributed by atoms with Crippen molar-refractivity contribution in [1.82, 2.24) is 4.90 Å². The number of nitrogens with one attached hydrogen (secondary N) is 1. The number of thioether (sulfide) groups is 1. The summed E-state index contributed by atoms with van der Waals surface area (Å²) in [5.74, 6) is -0.525. The highest BCUT2D eigenvalue weighted by Crippen LogP contribution is 2.29. The van der Waals surface area contributed by atoms with Gasteiger partial charge >= 0.3 is 6.18 Å². The molecule has 1 heterocycles. The summed E-state index contributed by atoms with van der Waals surface area (Å²) in [5, 5.41) is 2.35. The van der Waals surface area contributed by atoms with Gasteiger partial charge in [0.2, 0.25) is 11.8 Å². The van der Waals surface area contributed by atoms with Crippen LogP contribution in [0.5, 0.6) is 0 Å². The third kappa shape index (κ3) is 5.47. The van der Waals surface area contributed by atoms with Crippen LogP contribution >= 0.6 is 11.8 Å². The van der Waals surface area contributed by atoms with Crippen LogP contribution in [0.3, 0.4) is 0 Å². The van der Waals surface area contributed by atoms with E-state index in [9.17, 15) is 27.6 Å². The highest BCUT2D eigenvalue weighted by Gasteiger charge is 2.30. The number of halogens is 3. The molecule has 150 valence electrons. The first-order valence-electron chi connectivity index (χ1n) is 8.45. The van der Waals surface area contributed by atoms with Gasteiger partial charge in [-0.3, -0.25) is 19.3 Å². The van der Waals surface area contributed by atoms with E-state index in [1.165, 1.54) is 29.2 Å². The lowest BCUT2D eigenvalue weighted by Crippen LogP contribution is -2.27. The Morgan fingerprint density at radius 1 is 1.07 bits per heavy atom. The molecule has 0 aromatic heterocycles.